The second-order valence-corrected chi connectivity index (χ2v) is 6.47. The zero-order chi connectivity index (χ0) is 15.7. The number of nitrogens with two attached hydrogens (primary N) is 1. The van der Waals surface area contributed by atoms with Gasteiger partial charge in [-0.3, -0.25) is 4.79 Å². The maximum absolute atomic E-state index is 11.7. The van der Waals surface area contributed by atoms with E-state index in [2.05, 4.69) is 16.0 Å². The number of carbonyl (C=O) groups is 2. The SMILES string of the molecule is CC(C)(CN)NC(=O)CCCNC(=O)NC1CCCCC1. The number of hydrogen-bond donors (Lipinski definition) is 4. The van der Waals surface area contributed by atoms with Gasteiger partial charge in [-0.15, -0.1) is 0 Å². The van der Waals surface area contributed by atoms with Crippen molar-refractivity contribution < 1.29 is 9.59 Å². The molecule has 0 aromatic rings. The Labute approximate surface area is 127 Å². The lowest BCUT2D eigenvalue weighted by atomic mass is 9.96. The van der Waals surface area contributed by atoms with Gasteiger partial charge in [-0.25, -0.2) is 4.79 Å². The highest BCUT2D eigenvalue weighted by Crippen LogP contribution is 2.17. The summed E-state index contributed by atoms with van der Waals surface area (Å²) in [7, 11) is 0. The highest BCUT2D eigenvalue weighted by Gasteiger charge is 2.18. The van der Waals surface area contributed by atoms with E-state index in [-0.39, 0.29) is 17.5 Å². The second-order valence-electron chi connectivity index (χ2n) is 6.47. The summed E-state index contributed by atoms with van der Waals surface area (Å²) in [5, 5.41) is 8.66. The van der Waals surface area contributed by atoms with Gasteiger partial charge >= 0.3 is 6.03 Å². The molecule has 1 fully saturated rings. The zero-order valence-corrected chi connectivity index (χ0v) is 13.3. The molecule has 0 atom stereocenters. The van der Waals surface area contributed by atoms with Crippen LogP contribution in [0, 0.1) is 0 Å². The van der Waals surface area contributed by atoms with E-state index in [0.29, 0.717) is 32.0 Å². The number of carbonyl (C=O) groups excluding carboxylic acids is 2. The van der Waals surface area contributed by atoms with Gasteiger partial charge in [0.15, 0.2) is 0 Å². The molecule has 0 spiro atoms. The molecular formula is C15H30N4O2. The van der Waals surface area contributed by atoms with Crippen molar-refractivity contribution in [1.82, 2.24) is 16.0 Å². The Hall–Kier alpha value is -1.30. The summed E-state index contributed by atoms with van der Waals surface area (Å²) in [6.45, 7) is 4.69. The Morgan fingerprint density at radius 2 is 1.86 bits per heavy atom. The molecule has 1 saturated carbocycles. The van der Waals surface area contributed by atoms with Crippen LogP contribution in [0.25, 0.3) is 0 Å². The predicted molar refractivity (Wildman–Crippen MR) is 83.9 cm³/mol. The summed E-state index contributed by atoms with van der Waals surface area (Å²) in [5.74, 6) is -0.0278. The fraction of sp³-hybridized carbons (Fsp3) is 0.867. The first-order chi connectivity index (χ1) is 9.93. The Morgan fingerprint density at radius 3 is 2.48 bits per heavy atom. The van der Waals surface area contributed by atoms with Gasteiger partial charge in [-0.05, 0) is 33.1 Å². The van der Waals surface area contributed by atoms with Crippen molar-refractivity contribution in [3.63, 3.8) is 0 Å². The smallest absolute Gasteiger partial charge is 0.315 e. The molecular weight excluding hydrogens is 268 g/mol. The van der Waals surface area contributed by atoms with Crippen LogP contribution in [0.3, 0.4) is 0 Å². The molecule has 0 bridgehead atoms. The van der Waals surface area contributed by atoms with Crippen LogP contribution in [0.5, 0.6) is 0 Å². The summed E-state index contributed by atoms with van der Waals surface area (Å²) in [5.41, 5.74) is 5.19. The third-order valence-electron chi connectivity index (χ3n) is 3.79. The van der Waals surface area contributed by atoms with E-state index in [1.54, 1.807) is 0 Å². The van der Waals surface area contributed by atoms with Gasteiger partial charge in [-0.2, -0.15) is 0 Å². The lowest BCUT2D eigenvalue weighted by molar-refractivity contribution is -0.122. The molecule has 0 unspecified atom stereocenters. The fourth-order valence-electron chi connectivity index (χ4n) is 2.43. The molecule has 0 heterocycles. The van der Waals surface area contributed by atoms with Crippen molar-refractivity contribution in [2.45, 2.75) is 70.4 Å². The van der Waals surface area contributed by atoms with Crippen molar-refractivity contribution in [3.8, 4) is 0 Å². The predicted octanol–water partition coefficient (Wildman–Crippen LogP) is 1.25. The first-order valence-electron chi connectivity index (χ1n) is 7.98. The summed E-state index contributed by atoms with van der Waals surface area (Å²) in [4.78, 5) is 23.4. The van der Waals surface area contributed by atoms with Gasteiger partial charge in [0.1, 0.15) is 0 Å². The molecule has 0 aliphatic heterocycles. The minimum absolute atomic E-state index is 0.0278. The van der Waals surface area contributed by atoms with Crippen LogP contribution >= 0.6 is 0 Å². The minimum atomic E-state index is -0.372. The number of amides is 3. The second kappa shape index (κ2) is 8.87. The molecule has 6 nitrogen and oxygen atoms in total. The van der Waals surface area contributed by atoms with Crippen LogP contribution < -0.4 is 21.7 Å². The summed E-state index contributed by atoms with van der Waals surface area (Å²) >= 11 is 0. The van der Waals surface area contributed by atoms with Crippen molar-refractivity contribution in [1.29, 1.82) is 0 Å². The summed E-state index contributed by atoms with van der Waals surface area (Å²) in [6.07, 6.45) is 6.84. The number of rotatable bonds is 7. The summed E-state index contributed by atoms with van der Waals surface area (Å²) < 4.78 is 0. The zero-order valence-electron chi connectivity index (χ0n) is 13.3. The molecule has 0 aromatic heterocycles. The van der Waals surface area contributed by atoms with Gasteiger partial charge in [0, 0.05) is 31.1 Å². The molecule has 0 saturated heterocycles. The minimum Gasteiger partial charge on any atom is -0.350 e. The van der Waals surface area contributed by atoms with Crippen molar-refractivity contribution in [2.75, 3.05) is 13.1 Å². The van der Waals surface area contributed by atoms with E-state index in [1.807, 2.05) is 13.8 Å². The van der Waals surface area contributed by atoms with Crippen LogP contribution in [0.1, 0.15) is 58.8 Å². The van der Waals surface area contributed by atoms with E-state index in [1.165, 1.54) is 19.3 Å². The molecule has 0 aromatic carbocycles. The largest absolute Gasteiger partial charge is 0.350 e. The van der Waals surface area contributed by atoms with E-state index in [9.17, 15) is 9.59 Å². The van der Waals surface area contributed by atoms with Crippen LogP contribution in [0.15, 0.2) is 0 Å². The lowest BCUT2D eigenvalue weighted by Crippen LogP contribution is -2.49. The molecule has 1 aliphatic carbocycles. The highest BCUT2D eigenvalue weighted by molar-refractivity contribution is 5.77. The first kappa shape index (κ1) is 17.8. The Balaban J connectivity index is 2.07. The van der Waals surface area contributed by atoms with Gasteiger partial charge < -0.3 is 21.7 Å². The van der Waals surface area contributed by atoms with Crippen molar-refractivity contribution >= 4 is 11.9 Å². The molecule has 6 heteroatoms. The average molecular weight is 298 g/mol. The topological polar surface area (TPSA) is 96.2 Å². The highest BCUT2D eigenvalue weighted by atomic mass is 16.2. The lowest BCUT2D eigenvalue weighted by Gasteiger charge is -2.24. The maximum atomic E-state index is 11.7. The van der Waals surface area contributed by atoms with Gasteiger partial charge in [-0.1, -0.05) is 19.3 Å². The number of nitrogens with one attached hydrogen (secondary N) is 3. The van der Waals surface area contributed by atoms with Crippen LogP contribution in [0.4, 0.5) is 4.79 Å². The molecule has 5 N–H and O–H groups in total. The molecule has 0 radical (unpaired) electrons. The van der Waals surface area contributed by atoms with Crippen molar-refractivity contribution in [3.05, 3.63) is 0 Å². The maximum Gasteiger partial charge on any atom is 0.315 e. The first-order valence-corrected chi connectivity index (χ1v) is 7.98. The van der Waals surface area contributed by atoms with E-state index < -0.39 is 0 Å². The van der Waals surface area contributed by atoms with Crippen LogP contribution in [0.2, 0.25) is 0 Å². The Kier molecular flexibility index (Phi) is 7.50. The van der Waals surface area contributed by atoms with Crippen molar-refractivity contribution in [2.24, 2.45) is 5.73 Å². The molecule has 3 amide bonds. The molecule has 122 valence electrons. The molecule has 1 rings (SSSR count). The Bertz CT molecular complexity index is 339. The monoisotopic (exact) mass is 298 g/mol. The molecule has 1 aliphatic rings. The van der Waals surface area contributed by atoms with Crippen LogP contribution in [-0.2, 0) is 4.79 Å². The van der Waals surface area contributed by atoms with E-state index in [4.69, 9.17) is 5.73 Å². The Morgan fingerprint density at radius 1 is 1.19 bits per heavy atom. The fourth-order valence-corrected chi connectivity index (χ4v) is 2.43. The van der Waals surface area contributed by atoms with Gasteiger partial charge in [0.25, 0.3) is 0 Å². The molecule has 21 heavy (non-hydrogen) atoms. The third kappa shape index (κ3) is 7.90. The average Bonchev–Trinajstić information content (AvgIpc) is 2.44. The number of urea groups is 1. The summed E-state index contributed by atoms with van der Waals surface area (Å²) in [6, 6.07) is 0.192. The van der Waals surface area contributed by atoms with Gasteiger partial charge in [0.05, 0.1) is 0 Å². The third-order valence-corrected chi connectivity index (χ3v) is 3.79. The quantitative estimate of drug-likeness (QED) is 0.533. The standard InChI is InChI=1S/C15H30N4O2/c1-15(2,11-16)19-13(20)9-6-10-17-14(21)18-12-7-4-3-5-8-12/h12H,3-11,16H2,1-2H3,(H,19,20)(H2,17,18,21). The van der Waals surface area contributed by atoms with Gasteiger partial charge in [0.2, 0.25) is 5.91 Å². The normalized spacial score (nSPS) is 16.3. The number of hydrogen-bond acceptors (Lipinski definition) is 3. The van der Waals surface area contributed by atoms with E-state index >= 15 is 0 Å². The van der Waals surface area contributed by atoms with Crippen LogP contribution in [-0.4, -0.2) is 36.6 Å². The van der Waals surface area contributed by atoms with E-state index in [0.717, 1.165) is 12.8 Å².